The molecule has 0 aliphatic rings. The number of pyridine rings is 1. The van der Waals surface area contributed by atoms with Gasteiger partial charge in [0.2, 0.25) is 0 Å². The second-order valence-corrected chi connectivity index (χ2v) is 5.34. The first-order valence-electron chi connectivity index (χ1n) is 5.42. The number of aromatic nitrogens is 3. The minimum absolute atomic E-state index is 0.588. The highest BCUT2D eigenvalue weighted by molar-refractivity contribution is 9.10. The maximum Gasteiger partial charge on any atom is 0.173 e. The van der Waals surface area contributed by atoms with E-state index in [1.165, 1.54) is 0 Å². The van der Waals surface area contributed by atoms with Gasteiger partial charge in [-0.3, -0.25) is 0 Å². The van der Waals surface area contributed by atoms with E-state index < -0.39 is 0 Å². The third-order valence-corrected chi connectivity index (χ3v) is 3.49. The summed E-state index contributed by atoms with van der Waals surface area (Å²) in [5.41, 5.74) is 1.89. The molecular weight excluding hydrogens is 314 g/mol. The maximum atomic E-state index is 6.19. The van der Waals surface area contributed by atoms with Crippen molar-refractivity contribution in [3.63, 3.8) is 0 Å². The van der Waals surface area contributed by atoms with Crippen LogP contribution >= 0.6 is 27.5 Å². The molecule has 5 heteroatoms. The van der Waals surface area contributed by atoms with Gasteiger partial charge < -0.3 is 0 Å². The number of hydrogen-bond donors (Lipinski definition) is 0. The lowest BCUT2D eigenvalue weighted by Crippen LogP contribution is -2.01. The van der Waals surface area contributed by atoms with Gasteiger partial charge in [-0.05, 0) is 31.2 Å². The highest BCUT2D eigenvalue weighted by Gasteiger charge is 2.10. The van der Waals surface area contributed by atoms with Crippen molar-refractivity contribution in [1.82, 2.24) is 14.8 Å². The molecule has 2 aromatic heterocycles. The summed E-state index contributed by atoms with van der Waals surface area (Å²) in [6, 6.07) is 9.72. The van der Waals surface area contributed by atoms with Crippen LogP contribution in [0.15, 0.2) is 41.0 Å². The largest absolute Gasteiger partial charge is 0.233 e. The van der Waals surface area contributed by atoms with E-state index in [0.29, 0.717) is 10.8 Å². The minimum Gasteiger partial charge on any atom is -0.233 e. The smallest absolute Gasteiger partial charge is 0.173 e. The van der Waals surface area contributed by atoms with Gasteiger partial charge in [0.1, 0.15) is 0 Å². The molecule has 18 heavy (non-hydrogen) atoms. The number of hydrogen-bond acceptors (Lipinski definition) is 2. The van der Waals surface area contributed by atoms with Crippen molar-refractivity contribution in [3.8, 4) is 5.82 Å². The number of aryl methyl sites for hydroxylation is 1. The number of nitrogens with zero attached hydrogens (tertiary/aromatic N) is 3. The topological polar surface area (TPSA) is 30.7 Å². The normalized spacial score (nSPS) is 11.1. The minimum atomic E-state index is 0.588. The summed E-state index contributed by atoms with van der Waals surface area (Å²) < 4.78 is 2.76. The van der Waals surface area contributed by atoms with Crippen molar-refractivity contribution in [1.29, 1.82) is 0 Å². The van der Waals surface area contributed by atoms with Crippen LogP contribution in [0, 0.1) is 6.92 Å². The Morgan fingerprint density at radius 2 is 2.06 bits per heavy atom. The molecule has 0 bridgehead atoms. The van der Waals surface area contributed by atoms with Crippen molar-refractivity contribution in [2.75, 3.05) is 0 Å². The van der Waals surface area contributed by atoms with E-state index in [2.05, 4.69) is 26.0 Å². The molecule has 0 spiro atoms. The maximum absolute atomic E-state index is 6.19. The fourth-order valence-electron chi connectivity index (χ4n) is 1.83. The average Bonchev–Trinajstić information content (AvgIpc) is 2.75. The van der Waals surface area contributed by atoms with Crippen molar-refractivity contribution in [3.05, 3.63) is 51.7 Å². The molecule has 0 saturated carbocycles. The fraction of sp³-hybridized carbons (Fsp3) is 0.0769. The van der Waals surface area contributed by atoms with Gasteiger partial charge in [0.25, 0.3) is 0 Å². The lowest BCUT2D eigenvalue weighted by molar-refractivity contribution is 0.867. The van der Waals surface area contributed by atoms with E-state index in [-0.39, 0.29) is 0 Å². The Balaban J connectivity index is 2.31. The zero-order valence-corrected chi connectivity index (χ0v) is 11.9. The Morgan fingerprint density at radius 3 is 2.89 bits per heavy atom. The van der Waals surface area contributed by atoms with Crippen LogP contribution in [0.3, 0.4) is 0 Å². The van der Waals surface area contributed by atoms with Gasteiger partial charge in [-0.2, -0.15) is 5.10 Å². The average molecular weight is 323 g/mol. The standard InChI is InChI=1S/C13H9BrClN3/c1-8-2-5-11(15)13(17-8)18-12-6-10(14)4-3-9(12)7-16-18/h2-7H,1H3. The number of fused-ring (bicyclic) bond motifs is 1. The summed E-state index contributed by atoms with van der Waals surface area (Å²) in [6.07, 6.45) is 1.81. The van der Waals surface area contributed by atoms with Crippen LogP contribution < -0.4 is 0 Å². The van der Waals surface area contributed by atoms with Crippen LogP contribution in [-0.2, 0) is 0 Å². The van der Waals surface area contributed by atoms with Crippen molar-refractivity contribution < 1.29 is 0 Å². The number of rotatable bonds is 1. The first kappa shape index (κ1) is 11.7. The van der Waals surface area contributed by atoms with E-state index in [1.54, 1.807) is 4.68 Å². The van der Waals surface area contributed by atoms with Crippen LogP contribution in [0.5, 0.6) is 0 Å². The first-order chi connectivity index (χ1) is 8.65. The predicted octanol–water partition coefficient (Wildman–Crippen LogP) is 4.14. The molecule has 1 aromatic carbocycles. The Morgan fingerprint density at radius 1 is 1.22 bits per heavy atom. The number of benzene rings is 1. The van der Waals surface area contributed by atoms with Crippen LogP contribution in [0.4, 0.5) is 0 Å². The molecule has 0 amide bonds. The molecule has 3 aromatic rings. The Bertz CT molecular complexity index is 736. The lowest BCUT2D eigenvalue weighted by atomic mass is 10.2. The zero-order valence-electron chi connectivity index (χ0n) is 9.56. The van der Waals surface area contributed by atoms with E-state index in [0.717, 1.165) is 21.1 Å². The van der Waals surface area contributed by atoms with E-state index in [1.807, 2.05) is 43.5 Å². The fourth-order valence-corrected chi connectivity index (χ4v) is 2.37. The van der Waals surface area contributed by atoms with Crippen molar-refractivity contribution in [2.24, 2.45) is 0 Å². The molecule has 0 N–H and O–H groups in total. The van der Waals surface area contributed by atoms with Crippen LogP contribution in [0.2, 0.25) is 5.02 Å². The molecule has 3 nitrogen and oxygen atoms in total. The van der Waals surface area contributed by atoms with Crippen LogP contribution in [0.25, 0.3) is 16.7 Å². The molecule has 0 fully saturated rings. The predicted molar refractivity (Wildman–Crippen MR) is 76.3 cm³/mol. The summed E-state index contributed by atoms with van der Waals surface area (Å²) in [6.45, 7) is 1.93. The number of halogens is 2. The van der Waals surface area contributed by atoms with Gasteiger partial charge >= 0.3 is 0 Å². The summed E-state index contributed by atoms with van der Waals surface area (Å²) in [4.78, 5) is 4.45. The van der Waals surface area contributed by atoms with Gasteiger partial charge in [0.15, 0.2) is 5.82 Å². The van der Waals surface area contributed by atoms with Gasteiger partial charge in [-0.1, -0.05) is 33.6 Å². The highest BCUT2D eigenvalue weighted by Crippen LogP contribution is 2.25. The molecule has 0 atom stereocenters. The van der Waals surface area contributed by atoms with E-state index >= 15 is 0 Å². The highest BCUT2D eigenvalue weighted by atomic mass is 79.9. The van der Waals surface area contributed by atoms with Crippen molar-refractivity contribution in [2.45, 2.75) is 6.92 Å². The Hall–Kier alpha value is -1.39. The van der Waals surface area contributed by atoms with Gasteiger partial charge in [-0.25, -0.2) is 9.67 Å². The quantitative estimate of drug-likeness (QED) is 0.674. The van der Waals surface area contributed by atoms with Gasteiger partial charge in [0.05, 0.1) is 16.7 Å². The molecule has 3 rings (SSSR count). The third kappa shape index (κ3) is 1.91. The molecule has 0 saturated heterocycles. The van der Waals surface area contributed by atoms with E-state index in [9.17, 15) is 0 Å². The summed E-state index contributed by atoms with van der Waals surface area (Å²) in [5.74, 6) is 0.657. The molecule has 0 aliphatic carbocycles. The molecule has 0 radical (unpaired) electrons. The monoisotopic (exact) mass is 321 g/mol. The molecular formula is C13H9BrClN3. The Kier molecular flexibility index (Phi) is 2.84. The van der Waals surface area contributed by atoms with Gasteiger partial charge in [0, 0.05) is 15.6 Å². The second-order valence-electron chi connectivity index (χ2n) is 4.02. The summed E-state index contributed by atoms with van der Waals surface area (Å²) >= 11 is 9.66. The molecule has 0 aliphatic heterocycles. The van der Waals surface area contributed by atoms with Crippen molar-refractivity contribution >= 4 is 38.4 Å². The van der Waals surface area contributed by atoms with Gasteiger partial charge in [-0.15, -0.1) is 0 Å². The summed E-state index contributed by atoms with van der Waals surface area (Å²) in [7, 11) is 0. The Labute approximate surface area is 118 Å². The van der Waals surface area contributed by atoms with Crippen LogP contribution in [-0.4, -0.2) is 14.8 Å². The first-order valence-corrected chi connectivity index (χ1v) is 6.59. The lowest BCUT2D eigenvalue weighted by Gasteiger charge is -2.06. The molecule has 2 heterocycles. The zero-order chi connectivity index (χ0) is 12.7. The van der Waals surface area contributed by atoms with Crippen LogP contribution in [0.1, 0.15) is 5.69 Å². The summed E-state index contributed by atoms with van der Waals surface area (Å²) in [5, 5.41) is 6.00. The second kappa shape index (κ2) is 4.37. The molecule has 90 valence electrons. The van der Waals surface area contributed by atoms with E-state index in [4.69, 9.17) is 11.6 Å². The SMILES string of the molecule is Cc1ccc(Cl)c(-n2ncc3ccc(Br)cc32)n1. The molecule has 0 unspecified atom stereocenters. The third-order valence-electron chi connectivity index (χ3n) is 2.70.